The first kappa shape index (κ1) is 24.8. The number of likely N-dealkylation sites (tertiary alicyclic amines) is 3. The zero-order valence-corrected chi connectivity index (χ0v) is 22.1. The molecule has 0 aliphatic carbocycles. The monoisotopic (exact) mass is 540 g/mol. The van der Waals surface area contributed by atoms with Crippen LogP contribution < -0.4 is 10.5 Å². The van der Waals surface area contributed by atoms with Gasteiger partial charge in [0, 0.05) is 56.9 Å². The normalized spacial score (nSPS) is 19.4. The van der Waals surface area contributed by atoms with Crippen LogP contribution >= 0.6 is 0 Å². The number of fused-ring (bicyclic) bond motifs is 1. The van der Waals surface area contributed by atoms with Crippen molar-refractivity contribution in [3.05, 3.63) is 60.9 Å². The zero-order chi connectivity index (χ0) is 27.2. The Balaban J connectivity index is 1.03. The summed E-state index contributed by atoms with van der Waals surface area (Å²) in [7, 11) is 0. The molecule has 11 heteroatoms. The van der Waals surface area contributed by atoms with Crippen molar-refractivity contribution in [3.63, 3.8) is 0 Å². The summed E-state index contributed by atoms with van der Waals surface area (Å²) in [6, 6.07) is 18.7. The first-order chi connectivity index (χ1) is 19.5. The lowest BCUT2D eigenvalue weighted by Crippen LogP contribution is -2.70. The Kier molecular flexibility index (Phi) is 6.24. The predicted molar refractivity (Wildman–Crippen MR) is 150 cm³/mol. The molecule has 3 aliphatic rings. The number of carboxylic acid groups (broad SMARTS) is 1. The van der Waals surface area contributed by atoms with Crippen LogP contribution in [0.2, 0.25) is 0 Å². The smallest absolute Gasteiger partial charge is 0.407 e. The highest BCUT2D eigenvalue weighted by Crippen LogP contribution is 2.36. The summed E-state index contributed by atoms with van der Waals surface area (Å²) in [6.45, 7) is 5.30. The van der Waals surface area contributed by atoms with E-state index in [2.05, 4.69) is 24.4 Å². The lowest BCUT2D eigenvalue weighted by molar-refractivity contribution is -0.0507. The van der Waals surface area contributed by atoms with E-state index in [-0.39, 0.29) is 6.04 Å². The van der Waals surface area contributed by atoms with Gasteiger partial charge in [-0.1, -0.05) is 18.2 Å². The highest BCUT2D eigenvalue weighted by Gasteiger charge is 2.43. The summed E-state index contributed by atoms with van der Waals surface area (Å²) in [5.74, 6) is 1.97. The van der Waals surface area contributed by atoms with Gasteiger partial charge in [-0.05, 0) is 49.2 Å². The van der Waals surface area contributed by atoms with Crippen molar-refractivity contribution in [3.8, 4) is 22.8 Å². The Hall–Kier alpha value is -4.22. The van der Waals surface area contributed by atoms with Gasteiger partial charge in [0.1, 0.15) is 29.3 Å². The first-order valence-electron chi connectivity index (χ1n) is 13.8. The molecule has 3 fully saturated rings. The second-order valence-corrected chi connectivity index (χ2v) is 10.9. The van der Waals surface area contributed by atoms with Gasteiger partial charge in [-0.3, -0.25) is 9.80 Å². The molecule has 0 saturated carbocycles. The molecule has 0 spiro atoms. The van der Waals surface area contributed by atoms with Crippen LogP contribution in [-0.2, 0) is 0 Å². The molecule has 0 radical (unpaired) electrons. The summed E-state index contributed by atoms with van der Waals surface area (Å²) in [5, 5.41) is 14.9. The molecule has 0 atom stereocenters. The van der Waals surface area contributed by atoms with Gasteiger partial charge in [-0.2, -0.15) is 5.10 Å². The van der Waals surface area contributed by atoms with Crippen molar-refractivity contribution < 1.29 is 14.6 Å². The lowest BCUT2D eigenvalue weighted by Gasteiger charge is -2.54. The van der Waals surface area contributed by atoms with Crippen LogP contribution in [0.25, 0.3) is 22.3 Å². The largest absolute Gasteiger partial charge is 0.465 e. The molecule has 4 aromatic rings. The van der Waals surface area contributed by atoms with E-state index >= 15 is 0 Å². The molecule has 3 aliphatic heterocycles. The Morgan fingerprint density at radius 3 is 2.23 bits per heavy atom. The van der Waals surface area contributed by atoms with Crippen molar-refractivity contribution in [2.45, 2.75) is 31.0 Å². The van der Waals surface area contributed by atoms with Crippen molar-refractivity contribution in [2.75, 3.05) is 45.0 Å². The molecule has 11 nitrogen and oxygen atoms in total. The number of rotatable bonds is 6. The fourth-order valence-electron chi connectivity index (χ4n) is 6.11. The van der Waals surface area contributed by atoms with Gasteiger partial charge in [0.05, 0.1) is 11.4 Å². The number of nitrogen functional groups attached to an aromatic ring is 1. The van der Waals surface area contributed by atoms with Gasteiger partial charge in [0.2, 0.25) is 0 Å². The number of nitrogens with two attached hydrogens (primary N) is 1. The third kappa shape index (κ3) is 4.50. The highest BCUT2D eigenvalue weighted by atomic mass is 16.5. The number of nitrogens with zero attached hydrogens (tertiary/aromatic N) is 7. The first-order valence-corrected chi connectivity index (χ1v) is 13.8. The van der Waals surface area contributed by atoms with E-state index in [0.717, 1.165) is 72.8 Å². The van der Waals surface area contributed by atoms with Crippen LogP contribution in [0.3, 0.4) is 0 Å². The van der Waals surface area contributed by atoms with E-state index in [1.165, 1.54) is 11.2 Å². The number of hydrogen-bond donors (Lipinski definition) is 2. The maximum Gasteiger partial charge on any atom is 0.407 e. The number of ether oxygens (including phenoxy) is 1. The van der Waals surface area contributed by atoms with Gasteiger partial charge >= 0.3 is 6.09 Å². The van der Waals surface area contributed by atoms with Crippen LogP contribution in [0.5, 0.6) is 11.5 Å². The SMILES string of the molecule is Nc1ncnc2c1c(-c1ccc(Oc3ccccc3)cc1)nn2C1CCN(C2CN(C3CN(C(=O)O)C3)C2)CC1. The van der Waals surface area contributed by atoms with E-state index in [9.17, 15) is 4.79 Å². The van der Waals surface area contributed by atoms with E-state index in [1.54, 1.807) is 0 Å². The van der Waals surface area contributed by atoms with Crippen LogP contribution in [0.4, 0.5) is 10.6 Å². The number of anilines is 1. The lowest BCUT2D eigenvalue weighted by atomic mass is 9.96. The summed E-state index contributed by atoms with van der Waals surface area (Å²) >= 11 is 0. The molecule has 2 aromatic heterocycles. The van der Waals surface area contributed by atoms with Crippen molar-refractivity contribution in [1.29, 1.82) is 0 Å². The molecule has 2 aromatic carbocycles. The number of aromatic nitrogens is 4. The fraction of sp³-hybridized carbons (Fsp3) is 0.379. The Morgan fingerprint density at radius 1 is 0.850 bits per heavy atom. The van der Waals surface area contributed by atoms with E-state index in [0.29, 0.717) is 31.0 Å². The molecule has 0 unspecified atom stereocenters. The number of para-hydroxylation sites is 1. The molecular formula is C29H32N8O3. The Bertz CT molecular complexity index is 1510. The maximum atomic E-state index is 11.0. The van der Waals surface area contributed by atoms with Crippen molar-refractivity contribution >= 4 is 22.9 Å². The molecule has 0 bridgehead atoms. The molecule has 3 N–H and O–H groups in total. The van der Waals surface area contributed by atoms with E-state index in [4.69, 9.17) is 20.7 Å². The number of amides is 1. The molecule has 1 amide bonds. The fourth-order valence-corrected chi connectivity index (χ4v) is 6.11. The average Bonchev–Trinajstić information content (AvgIpc) is 3.31. The van der Waals surface area contributed by atoms with Gasteiger partial charge in [0.25, 0.3) is 0 Å². The van der Waals surface area contributed by atoms with Gasteiger partial charge in [0.15, 0.2) is 5.65 Å². The van der Waals surface area contributed by atoms with E-state index < -0.39 is 6.09 Å². The van der Waals surface area contributed by atoms with Crippen LogP contribution in [0.1, 0.15) is 18.9 Å². The topological polar surface area (TPSA) is 126 Å². The quantitative estimate of drug-likeness (QED) is 0.378. The minimum Gasteiger partial charge on any atom is -0.465 e. The molecule has 3 saturated heterocycles. The third-order valence-electron chi connectivity index (χ3n) is 8.53. The molecule has 7 rings (SSSR count). The Labute approximate surface area is 231 Å². The standard InChI is InChI=1S/C29H32N8O3/c30-27-25-26(19-6-8-24(9-7-19)40-23-4-2-1-3-5-23)33-37(28(25)32-18-31-27)20-10-12-34(13-11-20)21-14-35(15-21)22-16-36(17-22)29(38)39/h1-9,18,20-22H,10-17H2,(H,38,39)(H2,30,31,32). The maximum absolute atomic E-state index is 11.0. The summed E-state index contributed by atoms with van der Waals surface area (Å²) in [4.78, 5) is 26.4. The van der Waals surface area contributed by atoms with Crippen LogP contribution in [0, 0.1) is 0 Å². The number of benzene rings is 2. The highest BCUT2D eigenvalue weighted by molar-refractivity contribution is 5.98. The number of carbonyl (C=O) groups is 1. The number of hydrogen-bond acceptors (Lipinski definition) is 8. The summed E-state index contributed by atoms with van der Waals surface area (Å²) < 4.78 is 8.01. The van der Waals surface area contributed by atoms with E-state index in [1.807, 2.05) is 54.6 Å². The molecular weight excluding hydrogens is 508 g/mol. The minimum atomic E-state index is -0.814. The second-order valence-electron chi connectivity index (χ2n) is 10.9. The molecule has 5 heterocycles. The summed E-state index contributed by atoms with van der Waals surface area (Å²) in [5.41, 5.74) is 8.85. The minimum absolute atomic E-state index is 0.231. The van der Waals surface area contributed by atoms with Gasteiger partial charge in [-0.15, -0.1) is 0 Å². The molecule has 40 heavy (non-hydrogen) atoms. The number of piperidine rings is 1. The zero-order valence-electron chi connectivity index (χ0n) is 22.1. The van der Waals surface area contributed by atoms with Gasteiger partial charge < -0.3 is 20.5 Å². The van der Waals surface area contributed by atoms with Crippen molar-refractivity contribution in [2.24, 2.45) is 0 Å². The third-order valence-corrected chi connectivity index (χ3v) is 8.53. The Morgan fingerprint density at radius 2 is 1.52 bits per heavy atom. The van der Waals surface area contributed by atoms with Gasteiger partial charge in [-0.25, -0.2) is 19.4 Å². The predicted octanol–water partition coefficient (Wildman–Crippen LogP) is 3.55. The van der Waals surface area contributed by atoms with Crippen molar-refractivity contribution in [1.82, 2.24) is 34.4 Å². The summed E-state index contributed by atoms with van der Waals surface area (Å²) in [6.07, 6.45) is 2.67. The average molecular weight is 541 g/mol. The van der Waals surface area contributed by atoms with Crippen LogP contribution in [0.15, 0.2) is 60.9 Å². The second kappa shape index (κ2) is 10.1. The van der Waals surface area contributed by atoms with Crippen LogP contribution in [-0.4, -0.2) is 97.0 Å². The molecule has 206 valence electrons.